The number of carbonyl (C=O) groups excluding carboxylic acids is 1. The van der Waals surface area contributed by atoms with Gasteiger partial charge in [0, 0.05) is 18.7 Å². The number of amides is 1. The summed E-state index contributed by atoms with van der Waals surface area (Å²) in [6.07, 6.45) is 2.83. The van der Waals surface area contributed by atoms with Crippen molar-refractivity contribution in [2.75, 3.05) is 13.1 Å². The summed E-state index contributed by atoms with van der Waals surface area (Å²) in [5, 5.41) is 2.94. The third-order valence-electron chi connectivity index (χ3n) is 4.97. The van der Waals surface area contributed by atoms with Crippen LogP contribution in [0, 0.1) is 6.92 Å². The SMILES string of the molecule is Cc1ccc([C@@H](C)NC(=O)c2cccc(S(=O)(=O)N3CCCCC3)c2)cc1. The molecule has 1 N–H and O–H groups in total. The van der Waals surface area contributed by atoms with E-state index in [2.05, 4.69) is 5.32 Å². The van der Waals surface area contributed by atoms with Crippen molar-refractivity contribution < 1.29 is 13.2 Å². The minimum Gasteiger partial charge on any atom is -0.346 e. The number of carbonyl (C=O) groups is 1. The van der Waals surface area contributed by atoms with Gasteiger partial charge in [-0.15, -0.1) is 0 Å². The Morgan fingerprint density at radius 1 is 1.04 bits per heavy atom. The van der Waals surface area contributed by atoms with Gasteiger partial charge in [-0.05, 0) is 50.5 Å². The molecule has 0 aliphatic carbocycles. The van der Waals surface area contributed by atoms with E-state index in [1.165, 1.54) is 10.4 Å². The van der Waals surface area contributed by atoms with Gasteiger partial charge in [0.05, 0.1) is 10.9 Å². The van der Waals surface area contributed by atoms with E-state index in [-0.39, 0.29) is 16.8 Å². The van der Waals surface area contributed by atoms with Gasteiger partial charge < -0.3 is 5.32 Å². The van der Waals surface area contributed by atoms with Gasteiger partial charge in [0.15, 0.2) is 0 Å². The first-order valence-corrected chi connectivity index (χ1v) is 10.8. The Balaban J connectivity index is 1.76. The van der Waals surface area contributed by atoms with Gasteiger partial charge in [0.1, 0.15) is 0 Å². The summed E-state index contributed by atoms with van der Waals surface area (Å²) in [5.41, 5.74) is 2.52. The highest BCUT2D eigenvalue weighted by Gasteiger charge is 2.26. The van der Waals surface area contributed by atoms with Crippen molar-refractivity contribution in [2.24, 2.45) is 0 Å². The monoisotopic (exact) mass is 386 g/mol. The van der Waals surface area contributed by atoms with Gasteiger partial charge in [0.25, 0.3) is 5.91 Å². The van der Waals surface area contributed by atoms with E-state index in [0.717, 1.165) is 30.4 Å². The average molecular weight is 387 g/mol. The number of nitrogens with zero attached hydrogens (tertiary/aromatic N) is 1. The average Bonchev–Trinajstić information content (AvgIpc) is 2.69. The molecule has 2 aromatic carbocycles. The van der Waals surface area contributed by atoms with Crippen LogP contribution in [-0.4, -0.2) is 31.7 Å². The second kappa shape index (κ2) is 8.23. The number of piperidine rings is 1. The van der Waals surface area contributed by atoms with Crippen LogP contribution in [0.15, 0.2) is 53.4 Å². The summed E-state index contributed by atoms with van der Waals surface area (Å²) in [6.45, 7) is 5.02. The minimum atomic E-state index is -3.55. The van der Waals surface area contributed by atoms with Gasteiger partial charge in [-0.3, -0.25) is 4.79 Å². The van der Waals surface area contributed by atoms with Crippen molar-refractivity contribution in [1.29, 1.82) is 0 Å². The van der Waals surface area contributed by atoms with Crippen LogP contribution in [0.1, 0.15) is 53.7 Å². The van der Waals surface area contributed by atoms with E-state index in [4.69, 9.17) is 0 Å². The van der Waals surface area contributed by atoms with Gasteiger partial charge in [-0.1, -0.05) is 42.3 Å². The van der Waals surface area contributed by atoms with Gasteiger partial charge >= 0.3 is 0 Å². The third kappa shape index (κ3) is 4.57. The van der Waals surface area contributed by atoms with Crippen molar-refractivity contribution in [3.63, 3.8) is 0 Å². The zero-order valence-corrected chi connectivity index (χ0v) is 16.6. The van der Waals surface area contributed by atoms with Crippen molar-refractivity contribution in [2.45, 2.75) is 44.0 Å². The molecule has 0 aromatic heterocycles. The van der Waals surface area contributed by atoms with Crippen LogP contribution in [0.25, 0.3) is 0 Å². The predicted molar refractivity (Wildman–Crippen MR) is 106 cm³/mol. The molecular formula is C21H26N2O3S. The lowest BCUT2D eigenvalue weighted by Crippen LogP contribution is -2.35. The minimum absolute atomic E-state index is 0.166. The van der Waals surface area contributed by atoms with E-state index in [1.807, 2.05) is 38.1 Å². The van der Waals surface area contributed by atoms with Crippen molar-refractivity contribution in [3.8, 4) is 0 Å². The maximum Gasteiger partial charge on any atom is 0.251 e. The molecule has 1 amide bonds. The highest BCUT2D eigenvalue weighted by Crippen LogP contribution is 2.22. The molecule has 0 radical (unpaired) electrons. The Morgan fingerprint density at radius 3 is 2.37 bits per heavy atom. The predicted octanol–water partition coefficient (Wildman–Crippen LogP) is 3.66. The number of hydrogen-bond acceptors (Lipinski definition) is 3. The molecule has 0 saturated carbocycles. The second-order valence-corrected chi connectivity index (χ2v) is 9.04. The summed E-state index contributed by atoms with van der Waals surface area (Å²) in [4.78, 5) is 12.8. The molecule has 0 spiro atoms. The van der Waals surface area contributed by atoms with Gasteiger partial charge in [0.2, 0.25) is 10.0 Å². The highest BCUT2D eigenvalue weighted by atomic mass is 32.2. The van der Waals surface area contributed by atoms with Crippen LogP contribution >= 0.6 is 0 Å². The molecule has 2 aromatic rings. The molecule has 3 rings (SSSR count). The largest absolute Gasteiger partial charge is 0.346 e. The standard InChI is InChI=1S/C21H26N2O3S/c1-16-9-11-18(12-10-16)17(2)22-21(24)19-7-6-8-20(15-19)27(25,26)23-13-4-3-5-14-23/h6-12,15,17H,3-5,13-14H2,1-2H3,(H,22,24)/t17-/m1/s1. The Bertz CT molecular complexity index is 901. The number of sulfonamides is 1. The van der Waals surface area contributed by atoms with Crippen LogP contribution in [0.2, 0.25) is 0 Å². The Labute approximate surface area is 161 Å². The Morgan fingerprint density at radius 2 is 1.70 bits per heavy atom. The molecule has 5 nitrogen and oxygen atoms in total. The zero-order valence-electron chi connectivity index (χ0n) is 15.8. The normalized spacial score (nSPS) is 16.7. The van der Waals surface area contributed by atoms with E-state index < -0.39 is 10.0 Å². The van der Waals surface area contributed by atoms with Crippen molar-refractivity contribution in [3.05, 3.63) is 65.2 Å². The first kappa shape index (κ1) is 19.6. The summed E-state index contributed by atoms with van der Waals surface area (Å²) in [7, 11) is -3.55. The van der Waals surface area contributed by atoms with Crippen molar-refractivity contribution in [1.82, 2.24) is 9.62 Å². The lowest BCUT2D eigenvalue weighted by molar-refractivity contribution is 0.0939. The number of benzene rings is 2. The van der Waals surface area contributed by atoms with Crippen LogP contribution < -0.4 is 5.32 Å². The second-order valence-electron chi connectivity index (χ2n) is 7.10. The molecule has 1 aliphatic rings. The Hall–Kier alpha value is -2.18. The first-order valence-electron chi connectivity index (χ1n) is 9.35. The van der Waals surface area contributed by atoms with Crippen LogP contribution in [0.5, 0.6) is 0 Å². The number of aryl methyl sites for hydroxylation is 1. The molecule has 1 saturated heterocycles. The first-order chi connectivity index (χ1) is 12.9. The summed E-state index contributed by atoms with van der Waals surface area (Å²) < 4.78 is 27.2. The molecule has 27 heavy (non-hydrogen) atoms. The third-order valence-corrected chi connectivity index (χ3v) is 6.87. The lowest BCUT2D eigenvalue weighted by atomic mass is 10.1. The number of rotatable bonds is 5. The fourth-order valence-corrected chi connectivity index (χ4v) is 4.83. The van der Waals surface area contributed by atoms with E-state index in [9.17, 15) is 13.2 Å². The fourth-order valence-electron chi connectivity index (χ4n) is 3.27. The maximum atomic E-state index is 12.8. The molecular weight excluding hydrogens is 360 g/mol. The van der Waals surface area contributed by atoms with E-state index >= 15 is 0 Å². The lowest BCUT2D eigenvalue weighted by Gasteiger charge is -2.26. The van der Waals surface area contributed by atoms with Crippen LogP contribution in [-0.2, 0) is 10.0 Å². The van der Waals surface area contributed by atoms with Crippen LogP contribution in [0.3, 0.4) is 0 Å². The van der Waals surface area contributed by atoms with Gasteiger partial charge in [-0.25, -0.2) is 8.42 Å². The van der Waals surface area contributed by atoms with E-state index in [1.54, 1.807) is 18.2 Å². The van der Waals surface area contributed by atoms with E-state index in [0.29, 0.717) is 18.7 Å². The molecule has 1 heterocycles. The maximum absolute atomic E-state index is 12.8. The topological polar surface area (TPSA) is 66.5 Å². The molecule has 1 fully saturated rings. The van der Waals surface area contributed by atoms with Gasteiger partial charge in [-0.2, -0.15) is 4.31 Å². The molecule has 0 unspecified atom stereocenters. The quantitative estimate of drug-likeness (QED) is 0.853. The zero-order chi connectivity index (χ0) is 19.4. The number of nitrogens with one attached hydrogen (secondary N) is 1. The molecule has 144 valence electrons. The van der Waals surface area contributed by atoms with Crippen molar-refractivity contribution >= 4 is 15.9 Å². The molecule has 0 bridgehead atoms. The Kier molecular flexibility index (Phi) is 5.97. The molecule has 6 heteroatoms. The molecule has 1 atom stereocenters. The number of hydrogen-bond donors (Lipinski definition) is 1. The summed E-state index contributed by atoms with van der Waals surface area (Å²) >= 11 is 0. The summed E-state index contributed by atoms with van der Waals surface area (Å²) in [5.74, 6) is -0.279. The molecule has 1 aliphatic heterocycles. The summed E-state index contributed by atoms with van der Waals surface area (Å²) in [6, 6.07) is 14.1. The smallest absolute Gasteiger partial charge is 0.251 e. The fraction of sp³-hybridized carbons (Fsp3) is 0.381. The highest BCUT2D eigenvalue weighted by molar-refractivity contribution is 7.89. The van der Waals surface area contributed by atoms with Crippen LogP contribution in [0.4, 0.5) is 0 Å².